The lowest BCUT2D eigenvalue weighted by Crippen LogP contribution is -2.42. The van der Waals surface area contributed by atoms with Crippen LogP contribution in [-0.4, -0.2) is 50.4 Å². The van der Waals surface area contributed by atoms with Crippen LogP contribution in [0.15, 0.2) is 24.4 Å². The van der Waals surface area contributed by atoms with E-state index in [-0.39, 0.29) is 0 Å². The molecule has 4 heteroatoms. The third-order valence-corrected chi connectivity index (χ3v) is 5.40. The van der Waals surface area contributed by atoms with E-state index in [9.17, 15) is 10.2 Å². The van der Waals surface area contributed by atoms with Crippen molar-refractivity contribution in [2.24, 2.45) is 0 Å². The topological polar surface area (TPSA) is 59.5 Å². The Labute approximate surface area is 157 Å². The van der Waals surface area contributed by atoms with Gasteiger partial charge in [0.2, 0.25) is 0 Å². The second-order valence-electron chi connectivity index (χ2n) is 9.29. The van der Waals surface area contributed by atoms with Crippen LogP contribution in [0.3, 0.4) is 0 Å². The molecule has 144 valence electrons. The highest BCUT2D eigenvalue weighted by molar-refractivity contribution is 5.84. The van der Waals surface area contributed by atoms with Gasteiger partial charge >= 0.3 is 0 Å². The first-order valence-electron chi connectivity index (χ1n) is 9.88. The van der Waals surface area contributed by atoms with E-state index in [0.717, 1.165) is 32.4 Å². The molecule has 0 unspecified atom stereocenters. The lowest BCUT2D eigenvalue weighted by molar-refractivity contribution is 0.0320. The molecule has 0 radical (unpaired) electrons. The number of likely N-dealkylation sites (tertiary alicyclic amines) is 1. The van der Waals surface area contributed by atoms with E-state index in [2.05, 4.69) is 34.3 Å². The second-order valence-corrected chi connectivity index (χ2v) is 9.29. The third-order valence-electron chi connectivity index (χ3n) is 5.40. The van der Waals surface area contributed by atoms with Gasteiger partial charge in [0.1, 0.15) is 0 Å². The number of nitrogens with zero attached hydrogens (tertiary/aromatic N) is 1. The average Bonchev–Trinajstić information content (AvgIpc) is 3.11. The van der Waals surface area contributed by atoms with Crippen molar-refractivity contribution in [1.29, 1.82) is 0 Å². The number of β-amino-alcohol motifs (C(OH)–C–C–N with tert-alkyl or cyclic N) is 1. The molecule has 0 aliphatic carbocycles. The van der Waals surface area contributed by atoms with Gasteiger partial charge in [0.05, 0.1) is 11.2 Å². The van der Waals surface area contributed by atoms with Crippen LogP contribution in [0.25, 0.3) is 10.9 Å². The maximum Gasteiger partial charge on any atom is 0.0718 e. The fraction of sp³-hybridized carbons (Fsp3) is 0.636. The number of aromatic amines is 1. The minimum Gasteiger partial charge on any atom is -0.390 e. The predicted molar refractivity (Wildman–Crippen MR) is 108 cm³/mol. The molecular weight excluding hydrogens is 324 g/mol. The molecule has 2 aromatic rings. The van der Waals surface area contributed by atoms with E-state index in [1.807, 2.05) is 27.7 Å². The SMILES string of the molecule is CC(C)(O)CCc1ccc2[nH]cc(C[C@H]3CCCN3CC(C)(C)O)c2c1. The number of hydrogen-bond donors (Lipinski definition) is 3. The van der Waals surface area contributed by atoms with Gasteiger partial charge in [0.25, 0.3) is 0 Å². The van der Waals surface area contributed by atoms with Crippen molar-refractivity contribution in [2.75, 3.05) is 13.1 Å². The van der Waals surface area contributed by atoms with Gasteiger partial charge in [0, 0.05) is 29.7 Å². The number of hydrogen-bond acceptors (Lipinski definition) is 3. The number of rotatable bonds is 7. The van der Waals surface area contributed by atoms with E-state index in [1.54, 1.807) is 0 Å². The van der Waals surface area contributed by atoms with Crippen molar-refractivity contribution < 1.29 is 10.2 Å². The van der Waals surface area contributed by atoms with Gasteiger partial charge in [-0.1, -0.05) is 6.07 Å². The fourth-order valence-corrected chi connectivity index (χ4v) is 4.09. The number of H-pyrrole nitrogens is 1. The van der Waals surface area contributed by atoms with Crippen LogP contribution in [0.1, 0.15) is 58.1 Å². The van der Waals surface area contributed by atoms with Gasteiger partial charge in [-0.05, 0) is 89.6 Å². The van der Waals surface area contributed by atoms with Gasteiger partial charge in [-0.3, -0.25) is 4.90 Å². The molecule has 1 aromatic heterocycles. The number of aliphatic hydroxyl groups is 2. The summed E-state index contributed by atoms with van der Waals surface area (Å²) < 4.78 is 0. The van der Waals surface area contributed by atoms with Gasteiger partial charge in [-0.15, -0.1) is 0 Å². The summed E-state index contributed by atoms with van der Waals surface area (Å²) in [5, 5.41) is 21.5. The first kappa shape index (κ1) is 19.4. The Morgan fingerprint density at radius 3 is 2.62 bits per heavy atom. The van der Waals surface area contributed by atoms with E-state index >= 15 is 0 Å². The minimum absolute atomic E-state index is 0.500. The lowest BCUT2D eigenvalue weighted by Gasteiger charge is -2.30. The quantitative estimate of drug-likeness (QED) is 0.708. The molecule has 4 nitrogen and oxygen atoms in total. The molecule has 2 heterocycles. The van der Waals surface area contributed by atoms with Crippen LogP contribution in [-0.2, 0) is 12.8 Å². The minimum atomic E-state index is -0.646. The monoisotopic (exact) mass is 358 g/mol. The van der Waals surface area contributed by atoms with E-state index in [1.165, 1.54) is 34.9 Å². The molecule has 0 saturated carbocycles. The molecule has 3 N–H and O–H groups in total. The Morgan fingerprint density at radius 2 is 1.92 bits per heavy atom. The molecular formula is C22H34N2O2. The van der Waals surface area contributed by atoms with Crippen LogP contribution in [0.2, 0.25) is 0 Å². The van der Waals surface area contributed by atoms with Crippen molar-refractivity contribution in [1.82, 2.24) is 9.88 Å². The molecule has 0 amide bonds. The molecule has 1 aromatic carbocycles. The number of aromatic nitrogens is 1. The number of aryl methyl sites for hydroxylation is 1. The smallest absolute Gasteiger partial charge is 0.0718 e. The zero-order valence-corrected chi connectivity index (χ0v) is 16.7. The molecule has 1 fully saturated rings. The summed E-state index contributed by atoms with van der Waals surface area (Å²) in [6.45, 7) is 9.33. The van der Waals surface area contributed by atoms with Crippen molar-refractivity contribution >= 4 is 10.9 Å². The fourth-order valence-electron chi connectivity index (χ4n) is 4.09. The summed E-state index contributed by atoms with van der Waals surface area (Å²) in [6.07, 6.45) is 7.22. The van der Waals surface area contributed by atoms with Crippen molar-refractivity contribution in [3.8, 4) is 0 Å². The van der Waals surface area contributed by atoms with Crippen molar-refractivity contribution in [3.63, 3.8) is 0 Å². The maximum absolute atomic E-state index is 10.2. The van der Waals surface area contributed by atoms with Crippen LogP contribution in [0, 0.1) is 0 Å². The van der Waals surface area contributed by atoms with Gasteiger partial charge < -0.3 is 15.2 Å². The highest BCUT2D eigenvalue weighted by Gasteiger charge is 2.29. The number of fused-ring (bicyclic) bond motifs is 1. The van der Waals surface area contributed by atoms with Crippen LogP contribution in [0.5, 0.6) is 0 Å². The Morgan fingerprint density at radius 1 is 1.15 bits per heavy atom. The van der Waals surface area contributed by atoms with Crippen molar-refractivity contribution in [3.05, 3.63) is 35.5 Å². The van der Waals surface area contributed by atoms with Crippen LogP contribution >= 0.6 is 0 Å². The number of nitrogens with one attached hydrogen (secondary N) is 1. The van der Waals surface area contributed by atoms with Crippen molar-refractivity contribution in [2.45, 2.75) is 77.0 Å². The number of benzene rings is 1. The largest absolute Gasteiger partial charge is 0.390 e. The molecule has 1 saturated heterocycles. The zero-order chi connectivity index (χ0) is 18.9. The van der Waals surface area contributed by atoms with Crippen LogP contribution < -0.4 is 0 Å². The molecule has 0 bridgehead atoms. The summed E-state index contributed by atoms with van der Waals surface area (Å²) in [7, 11) is 0. The summed E-state index contributed by atoms with van der Waals surface area (Å²) in [5.41, 5.74) is 2.54. The maximum atomic E-state index is 10.2. The summed E-state index contributed by atoms with van der Waals surface area (Å²) >= 11 is 0. The zero-order valence-electron chi connectivity index (χ0n) is 16.7. The Hall–Kier alpha value is -1.36. The standard InChI is InChI=1S/C22H34N2O2/c1-21(2,25)10-9-16-7-8-20-19(12-16)17(14-23-20)13-18-6-5-11-24(18)15-22(3,4)26/h7-8,12,14,18,23,25-26H,5-6,9-11,13,15H2,1-4H3/t18-/m1/s1. The molecule has 3 rings (SSSR count). The predicted octanol–water partition coefficient (Wildman–Crippen LogP) is 3.65. The normalized spacial score (nSPS) is 19.5. The summed E-state index contributed by atoms with van der Waals surface area (Å²) in [4.78, 5) is 5.85. The first-order valence-corrected chi connectivity index (χ1v) is 9.88. The van der Waals surface area contributed by atoms with Crippen LogP contribution in [0.4, 0.5) is 0 Å². The third kappa shape index (κ3) is 5.09. The second kappa shape index (κ2) is 7.34. The lowest BCUT2D eigenvalue weighted by atomic mass is 9.96. The molecule has 1 aliphatic heterocycles. The highest BCUT2D eigenvalue weighted by atomic mass is 16.3. The van der Waals surface area contributed by atoms with Gasteiger partial charge in [-0.25, -0.2) is 0 Å². The van der Waals surface area contributed by atoms with E-state index < -0.39 is 11.2 Å². The van der Waals surface area contributed by atoms with Gasteiger partial charge in [-0.2, -0.15) is 0 Å². The van der Waals surface area contributed by atoms with E-state index in [0.29, 0.717) is 6.04 Å². The molecule has 1 aliphatic rings. The highest BCUT2D eigenvalue weighted by Crippen LogP contribution is 2.28. The first-order chi connectivity index (χ1) is 12.1. The van der Waals surface area contributed by atoms with E-state index in [4.69, 9.17) is 0 Å². The molecule has 0 spiro atoms. The summed E-state index contributed by atoms with van der Waals surface area (Å²) in [6, 6.07) is 7.09. The van der Waals surface area contributed by atoms with Gasteiger partial charge in [0.15, 0.2) is 0 Å². The molecule has 1 atom stereocenters. The Kier molecular flexibility index (Phi) is 5.48. The Bertz CT molecular complexity index is 737. The molecule has 26 heavy (non-hydrogen) atoms. The summed E-state index contributed by atoms with van der Waals surface area (Å²) in [5.74, 6) is 0. The average molecular weight is 359 g/mol. The Balaban J connectivity index is 1.75.